The summed E-state index contributed by atoms with van der Waals surface area (Å²) in [5.41, 5.74) is -0.545. The molecule has 3 saturated carbocycles. The van der Waals surface area contributed by atoms with Crippen LogP contribution in [0.25, 0.3) is 0 Å². The van der Waals surface area contributed by atoms with Crippen molar-refractivity contribution >= 4 is 5.78 Å². The number of methoxy groups -OCH3 is 2. The van der Waals surface area contributed by atoms with E-state index in [4.69, 9.17) is 14.2 Å². The number of ether oxygens (including phenoxy) is 3. The molecule has 0 amide bonds. The molecule has 2 unspecified atom stereocenters. The highest BCUT2D eigenvalue weighted by atomic mass is 16.7. The van der Waals surface area contributed by atoms with Gasteiger partial charge in [0.05, 0.1) is 12.2 Å². The monoisotopic (exact) mass is 392 g/mol. The van der Waals surface area contributed by atoms with Crippen LogP contribution >= 0.6 is 0 Å². The maximum absolute atomic E-state index is 13.9. The van der Waals surface area contributed by atoms with E-state index >= 15 is 0 Å². The van der Waals surface area contributed by atoms with Crippen molar-refractivity contribution in [1.82, 2.24) is 0 Å². The summed E-state index contributed by atoms with van der Waals surface area (Å²) in [6.45, 7) is 11.4. The summed E-state index contributed by atoms with van der Waals surface area (Å²) < 4.78 is 17.7. The molecule has 3 fully saturated rings. The van der Waals surface area contributed by atoms with Crippen molar-refractivity contribution in [3.05, 3.63) is 12.2 Å². The van der Waals surface area contributed by atoms with Crippen LogP contribution in [0, 0.1) is 34.0 Å². The minimum Gasteiger partial charge on any atom is -0.381 e. The van der Waals surface area contributed by atoms with E-state index in [9.17, 15) is 4.79 Å². The first kappa shape index (κ1) is 22.0. The zero-order valence-corrected chi connectivity index (χ0v) is 18.9. The highest BCUT2D eigenvalue weighted by Gasteiger charge is 2.67. The molecule has 0 N–H and O–H groups in total. The van der Waals surface area contributed by atoms with Crippen molar-refractivity contribution in [2.45, 2.75) is 78.9 Å². The predicted molar refractivity (Wildman–Crippen MR) is 111 cm³/mol. The molecule has 3 rings (SSSR count). The molecule has 0 aromatic heterocycles. The second-order valence-corrected chi connectivity index (χ2v) is 10.1. The van der Waals surface area contributed by atoms with Crippen molar-refractivity contribution in [3.63, 3.8) is 0 Å². The fraction of sp³-hybridized carbons (Fsp3) is 0.875. The average Bonchev–Trinajstić information content (AvgIpc) is 3.07. The van der Waals surface area contributed by atoms with Gasteiger partial charge in [-0.3, -0.25) is 4.79 Å². The number of hydrogen-bond donors (Lipinski definition) is 0. The number of carbonyl (C=O) groups is 1. The van der Waals surface area contributed by atoms with Gasteiger partial charge in [-0.1, -0.05) is 32.9 Å². The van der Waals surface area contributed by atoms with Crippen molar-refractivity contribution < 1.29 is 19.0 Å². The zero-order chi connectivity index (χ0) is 20.7. The molecule has 0 aliphatic heterocycles. The maximum Gasteiger partial charge on any atom is 0.146 e. The molecule has 28 heavy (non-hydrogen) atoms. The molecular weight excluding hydrogens is 352 g/mol. The highest BCUT2D eigenvalue weighted by Crippen LogP contribution is 2.68. The molecule has 160 valence electrons. The van der Waals surface area contributed by atoms with Crippen molar-refractivity contribution in [2.24, 2.45) is 34.0 Å². The predicted octanol–water partition coefficient (Wildman–Crippen LogP) is 5.01. The summed E-state index contributed by atoms with van der Waals surface area (Å²) in [5.74, 6) is 1.26. The van der Waals surface area contributed by atoms with Gasteiger partial charge in [0.1, 0.15) is 12.6 Å². The normalized spacial score (nSPS) is 49.1. The van der Waals surface area contributed by atoms with Crippen molar-refractivity contribution in [3.8, 4) is 0 Å². The second kappa shape index (κ2) is 7.85. The number of allylic oxidation sites excluding steroid dienone is 2. The fourth-order valence-corrected chi connectivity index (χ4v) is 7.35. The van der Waals surface area contributed by atoms with E-state index < -0.39 is 5.41 Å². The van der Waals surface area contributed by atoms with Crippen LogP contribution in [-0.4, -0.2) is 39.0 Å². The van der Waals surface area contributed by atoms with Crippen molar-refractivity contribution in [2.75, 3.05) is 21.0 Å². The Morgan fingerprint density at radius 3 is 2.43 bits per heavy atom. The molecule has 0 spiro atoms. The topological polar surface area (TPSA) is 44.8 Å². The van der Waals surface area contributed by atoms with Gasteiger partial charge in [0.15, 0.2) is 0 Å². The van der Waals surface area contributed by atoms with E-state index in [2.05, 4.69) is 33.8 Å². The lowest BCUT2D eigenvalue weighted by atomic mass is 9.44. The first-order valence-corrected chi connectivity index (χ1v) is 11.0. The zero-order valence-electron chi connectivity index (χ0n) is 18.9. The first-order valence-electron chi connectivity index (χ1n) is 11.0. The second-order valence-electron chi connectivity index (χ2n) is 10.1. The van der Waals surface area contributed by atoms with Gasteiger partial charge in [-0.05, 0) is 63.2 Å². The Balaban J connectivity index is 2.20. The fourth-order valence-electron chi connectivity index (χ4n) is 7.35. The number of ketones is 1. The number of Topliss-reactive ketones (excluding diaryl/α,β-unsaturated/α-hetero) is 1. The van der Waals surface area contributed by atoms with Crippen LogP contribution in [0.5, 0.6) is 0 Å². The van der Waals surface area contributed by atoms with Crippen LogP contribution in [0.15, 0.2) is 12.2 Å². The minimum atomic E-state index is -0.506. The Morgan fingerprint density at radius 1 is 1.14 bits per heavy atom. The van der Waals surface area contributed by atoms with E-state index in [1.165, 1.54) is 0 Å². The summed E-state index contributed by atoms with van der Waals surface area (Å²) >= 11 is 0. The molecule has 3 aliphatic carbocycles. The number of hydrogen-bond acceptors (Lipinski definition) is 4. The smallest absolute Gasteiger partial charge is 0.146 e. The molecule has 4 heteroatoms. The van der Waals surface area contributed by atoms with Crippen LogP contribution in [0.4, 0.5) is 0 Å². The van der Waals surface area contributed by atoms with Gasteiger partial charge in [-0.15, -0.1) is 0 Å². The third-order valence-electron chi connectivity index (χ3n) is 9.01. The van der Waals surface area contributed by atoms with Gasteiger partial charge in [0.2, 0.25) is 0 Å². The first-order chi connectivity index (χ1) is 13.2. The van der Waals surface area contributed by atoms with Gasteiger partial charge in [-0.25, -0.2) is 0 Å². The molecule has 0 radical (unpaired) electrons. The van der Waals surface area contributed by atoms with E-state index in [0.29, 0.717) is 24.0 Å². The van der Waals surface area contributed by atoms with Gasteiger partial charge >= 0.3 is 0 Å². The highest BCUT2D eigenvalue weighted by molar-refractivity contribution is 5.89. The van der Waals surface area contributed by atoms with Gasteiger partial charge in [-0.2, -0.15) is 0 Å². The lowest BCUT2D eigenvalue weighted by Gasteiger charge is -2.62. The lowest BCUT2D eigenvalue weighted by Crippen LogP contribution is -2.62. The third kappa shape index (κ3) is 3.02. The Bertz CT molecular complexity index is 616. The van der Waals surface area contributed by atoms with Gasteiger partial charge in [0.25, 0.3) is 0 Å². The van der Waals surface area contributed by atoms with Crippen LogP contribution in [-0.2, 0) is 19.0 Å². The molecule has 0 heterocycles. The van der Waals surface area contributed by atoms with Crippen LogP contribution in [0.2, 0.25) is 0 Å². The van der Waals surface area contributed by atoms with Crippen LogP contribution in [0.3, 0.4) is 0 Å². The minimum absolute atomic E-state index is 0.0109. The SMILES string of the molecule is C/C=C/[C@]1(C)C[C@@H](OCOC)[C@@]2(C)C3[C@H](OC)CCC3(CC[C@H]2C)[C@@H](C)C1=O. The molecule has 0 aromatic rings. The quantitative estimate of drug-likeness (QED) is 0.487. The largest absolute Gasteiger partial charge is 0.381 e. The van der Waals surface area contributed by atoms with Crippen molar-refractivity contribution in [1.29, 1.82) is 0 Å². The molecule has 0 aromatic carbocycles. The summed E-state index contributed by atoms with van der Waals surface area (Å²) in [6.07, 6.45) is 9.38. The molecule has 4 nitrogen and oxygen atoms in total. The maximum atomic E-state index is 13.9. The lowest BCUT2D eigenvalue weighted by molar-refractivity contribution is -0.217. The van der Waals surface area contributed by atoms with Crippen LogP contribution < -0.4 is 0 Å². The van der Waals surface area contributed by atoms with E-state index in [1.807, 2.05) is 20.1 Å². The Kier molecular flexibility index (Phi) is 6.16. The third-order valence-corrected chi connectivity index (χ3v) is 9.01. The summed E-state index contributed by atoms with van der Waals surface area (Å²) in [4.78, 5) is 13.9. The summed E-state index contributed by atoms with van der Waals surface area (Å²) in [7, 11) is 3.51. The van der Waals surface area contributed by atoms with Gasteiger partial charge in [0, 0.05) is 31.0 Å². The van der Waals surface area contributed by atoms with E-state index in [-0.39, 0.29) is 35.7 Å². The Morgan fingerprint density at radius 2 is 1.82 bits per heavy atom. The van der Waals surface area contributed by atoms with E-state index in [1.54, 1.807) is 7.11 Å². The van der Waals surface area contributed by atoms with Crippen LogP contribution in [0.1, 0.15) is 66.7 Å². The van der Waals surface area contributed by atoms with E-state index in [0.717, 1.165) is 25.7 Å². The Labute approximate surface area is 171 Å². The molecule has 8 atom stereocenters. The van der Waals surface area contributed by atoms with Gasteiger partial charge < -0.3 is 14.2 Å². The molecule has 2 bridgehead atoms. The Hall–Kier alpha value is -0.710. The summed E-state index contributed by atoms with van der Waals surface area (Å²) in [6, 6.07) is 0. The molecule has 3 aliphatic rings. The molecule has 0 saturated heterocycles. The number of carbonyl (C=O) groups excluding carboxylic acids is 1. The summed E-state index contributed by atoms with van der Waals surface area (Å²) in [5, 5.41) is 0. The number of rotatable bonds is 5. The molecular formula is C24H40O4. The average molecular weight is 393 g/mol. The standard InChI is InChI=1S/C24H40O4/c1-8-11-22(4)14-19(28-15-26-6)23(5)16(2)9-12-24(17(3)21(22)25)13-10-18(27-7)20(23)24/h8,11,16-20H,9-10,12-15H2,1-7H3/b11-8+/t16-,17+,18-,19-,20?,22-,23+,24?/m1/s1.